The van der Waals surface area contributed by atoms with Gasteiger partial charge in [-0.15, -0.1) is 0 Å². The first-order valence-corrected chi connectivity index (χ1v) is 6.61. The Morgan fingerprint density at radius 3 is 2.56 bits per heavy atom. The summed E-state index contributed by atoms with van der Waals surface area (Å²) < 4.78 is 23.2. The van der Waals surface area contributed by atoms with Crippen LogP contribution in [0, 0.1) is 0 Å². The predicted molar refractivity (Wildman–Crippen MR) is 61.4 cm³/mol. The topological polar surface area (TPSA) is 67.0 Å². The Labute approximate surface area is 93.2 Å². The summed E-state index contributed by atoms with van der Waals surface area (Å²) in [4.78, 5) is 14.5. The van der Waals surface area contributed by atoms with E-state index < -0.39 is 9.84 Å². The molecule has 0 amide bonds. The third-order valence-electron chi connectivity index (χ3n) is 2.45. The molecule has 16 heavy (non-hydrogen) atoms. The number of aromatic nitrogens is 1. The van der Waals surface area contributed by atoms with Crippen LogP contribution in [0.25, 0.3) is 10.9 Å². The molecular weight excluding hydrogens is 226 g/mol. The van der Waals surface area contributed by atoms with E-state index in [4.69, 9.17) is 0 Å². The van der Waals surface area contributed by atoms with E-state index in [0.717, 1.165) is 6.26 Å². The van der Waals surface area contributed by atoms with Crippen molar-refractivity contribution in [1.82, 2.24) is 4.98 Å². The number of hydrogen-bond acceptors (Lipinski definition) is 3. The molecule has 0 saturated carbocycles. The molecule has 1 heterocycles. The molecule has 0 aliphatic heterocycles. The molecule has 5 heteroatoms. The summed E-state index contributed by atoms with van der Waals surface area (Å²) in [5, 5.41) is 0.484. The van der Waals surface area contributed by atoms with E-state index in [-0.39, 0.29) is 10.7 Å². The van der Waals surface area contributed by atoms with Gasteiger partial charge in [-0.3, -0.25) is 4.79 Å². The fourth-order valence-corrected chi connectivity index (χ4v) is 2.65. The van der Waals surface area contributed by atoms with Crippen LogP contribution >= 0.6 is 0 Å². The molecule has 0 fully saturated rings. The lowest BCUT2D eigenvalue weighted by atomic mass is 10.1. The van der Waals surface area contributed by atoms with Crippen LogP contribution in [0.2, 0.25) is 0 Å². The molecule has 1 aromatic heterocycles. The minimum atomic E-state index is -3.33. The van der Waals surface area contributed by atoms with Crippen molar-refractivity contribution in [2.75, 3.05) is 6.26 Å². The number of carbonyl (C=O) groups excluding carboxylic acids is 1. The van der Waals surface area contributed by atoms with Gasteiger partial charge in [0.05, 0.1) is 4.90 Å². The van der Waals surface area contributed by atoms with Crippen molar-refractivity contribution in [3.8, 4) is 0 Å². The Bertz CT molecular complexity index is 668. The zero-order chi connectivity index (χ0) is 11.9. The van der Waals surface area contributed by atoms with Gasteiger partial charge in [0, 0.05) is 28.9 Å². The number of benzene rings is 1. The Kier molecular flexibility index (Phi) is 2.35. The van der Waals surface area contributed by atoms with Crippen LogP contribution in [0.5, 0.6) is 0 Å². The molecule has 0 aliphatic carbocycles. The lowest BCUT2D eigenvalue weighted by Gasteiger charge is -2.02. The Hall–Kier alpha value is -1.62. The summed E-state index contributed by atoms with van der Waals surface area (Å²) in [6.45, 7) is 1.42. The summed E-state index contributed by atoms with van der Waals surface area (Å²) >= 11 is 0. The number of aromatic amines is 1. The van der Waals surface area contributed by atoms with E-state index in [1.165, 1.54) is 13.0 Å². The van der Waals surface area contributed by atoms with Gasteiger partial charge in [-0.25, -0.2) is 8.42 Å². The van der Waals surface area contributed by atoms with E-state index in [1.807, 2.05) is 0 Å². The van der Waals surface area contributed by atoms with Crippen molar-refractivity contribution in [1.29, 1.82) is 0 Å². The average molecular weight is 237 g/mol. The number of nitrogens with one attached hydrogen (secondary N) is 1. The molecule has 2 aromatic rings. The van der Waals surface area contributed by atoms with Crippen molar-refractivity contribution in [3.63, 3.8) is 0 Å². The molecule has 0 atom stereocenters. The van der Waals surface area contributed by atoms with E-state index in [1.54, 1.807) is 18.3 Å². The first kappa shape index (κ1) is 10.9. The molecule has 2 rings (SSSR count). The highest BCUT2D eigenvalue weighted by atomic mass is 32.2. The van der Waals surface area contributed by atoms with Gasteiger partial charge in [-0.05, 0) is 19.1 Å². The minimum Gasteiger partial charge on any atom is -0.360 e. The van der Waals surface area contributed by atoms with Gasteiger partial charge in [0.2, 0.25) is 0 Å². The number of Topliss-reactive ketones (excluding diaryl/α,β-unsaturated/α-hetero) is 1. The maximum absolute atomic E-state index is 11.6. The number of sulfone groups is 1. The molecular formula is C11H11NO3S. The van der Waals surface area contributed by atoms with Gasteiger partial charge in [0.25, 0.3) is 0 Å². The van der Waals surface area contributed by atoms with Gasteiger partial charge in [0.1, 0.15) is 0 Å². The highest BCUT2D eigenvalue weighted by Gasteiger charge is 2.17. The van der Waals surface area contributed by atoms with E-state index >= 15 is 0 Å². The lowest BCUT2D eigenvalue weighted by molar-refractivity contribution is 0.101. The quantitative estimate of drug-likeness (QED) is 0.809. The third kappa shape index (κ3) is 1.63. The molecule has 0 aliphatic rings. The minimum absolute atomic E-state index is 0.151. The molecule has 0 saturated heterocycles. The average Bonchev–Trinajstić information content (AvgIpc) is 2.58. The molecule has 0 radical (unpaired) electrons. The standard InChI is InChI=1S/C11H11NO3S/c1-7(13)8-6-12-9-4-3-5-10(11(8)9)16(2,14)15/h3-6,12H,1-2H3. The molecule has 4 nitrogen and oxygen atoms in total. The third-order valence-corrected chi connectivity index (χ3v) is 3.59. The fourth-order valence-electron chi connectivity index (χ4n) is 1.74. The second-order valence-electron chi connectivity index (χ2n) is 3.71. The lowest BCUT2D eigenvalue weighted by Crippen LogP contribution is -2.00. The second kappa shape index (κ2) is 3.45. The van der Waals surface area contributed by atoms with Crippen molar-refractivity contribution in [3.05, 3.63) is 30.0 Å². The number of fused-ring (bicyclic) bond motifs is 1. The van der Waals surface area contributed by atoms with Gasteiger partial charge in [-0.1, -0.05) is 6.07 Å². The van der Waals surface area contributed by atoms with Crippen LogP contribution in [0.1, 0.15) is 17.3 Å². The summed E-state index contributed by atoms with van der Waals surface area (Å²) in [6, 6.07) is 4.91. The monoisotopic (exact) mass is 237 g/mol. The van der Waals surface area contributed by atoms with Crippen molar-refractivity contribution < 1.29 is 13.2 Å². The van der Waals surface area contributed by atoms with Crippen LogP contribution in [-0.2, 0) is 9.84 Å². The Balaban J connectivity index is 2.95. The van der Waals surface area contributed by atoms with Gasteiger partial charge >= 0.3 is 0 Å². The first-order chi connectivity index (χ1) is 7.41. The molecule has 0 unspecified atom stereocenters. The Morgan fingerprint density at radius 2 is 2.00 bits per heavy atom. The normalized spacial score (nSPS) is 11.9. The molecule has 0 spiro atoms. The maximum atomic E-state index is 11.6. The highest BCUT2D eigenvalue weighted by Crippen LogP contribution is 2.26. The summed E-state index contributed by atoms with van der Waals surface area (Å²) in [5.41, 5.74) is 1.07. The Morgan fingerprint density at radius 1 is 1.31 bits per heavy atom. The van der Waals surface area contributed by atoms with E-state index in [0.29, 0.717) is 16.5 Å². The van der Waals surface area contributed by atoms with Crippen LogP contribution in [-0.4, -0.2) is 25.4 Å². The maximum Gasteiger partial charge on any atom is 0.176 e. The largest absolute Gasteiger partial charge is 0.360 e. The molecule has 1 N–H and O–H groups in total. The van der Waals surface area contributed by atoms with E-state index in [9.17, 15) is 13.2 Å². The number of hydrogen-bond donors (Lipinski definition) is 1. The van der Waals surface area contributed by atoms with Crippen LogP contribution in [0.4, 0.5) is 0 Å². The van der Waals surface area contributed by atoms with Crippen LogP contribution in [0.15, 0.2) is 29.3 Å². The molecule has 84 valence electrons. The zero-order valence-corrected chi connectivity index (χ0v) is 9.76. The smallest absolute Gasteiger partial charge is 0.176 e. The fraction of sp³-hybridized carbons (Fsp3) is 0.182. The van der Waals surface area contributed by atoms with Crippen molar-refractivity contribution >= 4 is 26.5 Å². The van der Waals surface area contributed by atoms with Crippen molar-refractivity contribution in [2.45, 2.75) is 11.8 Å². The van der Waals surface area contributed by atoms with Crippen LogP contribution < -0.4 is 0 Å². The highest BCUT2D eigenvalue weighted by molar-refractivity contribution is 7.91. The number of ketones is 1. The second-order valence-corrected chi connectivity index (χ2v) is 5.69. The van der Waals surface area contributed by atoms with Crippen molar-refractivity contribution in [2.24, 2.45) is 0 Å². The number of H-pyrrole nitrogens is 1. The number of carbonyl (C=O) groups is 1. The van der Waals surface area contributed by atoms with Gasteiger partial charge < -0.3 is 4.98 Å². The SMILES string of the molecule is CC(=O)c1c[nH]c2cccc(S(C)(=O)=O)c12. The van der Waals surface area contributed by atoms with Crippen LogP contribution in [0.3, 0.4) is 0 Å². The van der Waals surface area contributed by atoms with E-state index in [2.05, 4.69) is 4.98 Å². The predicted octanol–water partition coefficient (Wildman–Crippen LogP) is 1.77. The summed E-state index contributed by atoms with van der Waals surface area (Å²) in [5.74, 6) is -0.151. The summed E-state index contributed by atoms with van der Waals surface area (Å²) in [7, 11) is -3.33. The zero-order valence-electron chi connectivity index (χ0n) is 8.94. The van der Waals surface area contributed by atoms with Gasteiger partial charge in [0.15, 0.2) is 15.6 Å². The molecule has 0 bridgehead atoms. The molecule has 1 aromatic carbocycles. The summed E-state index contributed by atoms with van der Waals surface area (Å²) in [6.07, 6.45) is 2.68. The van der Waals surface area contributed by atoms with Gasteiger partial charge in [-0.2, -0.15) is 0 Å². The first-order valence-electron chi connectivity index (χ1n) is 4.72. The number of rotatable bonds is 2.